The van der Waals surface area contributed by atoms with Gasteiger partial charge in [0.15, 0.2) is 44.0 Å². The highest BCUT2D eigenvalue weighted by molar-refractivity contribution is 7.89. The molecule has 0 amide bonds. The van der Waals surface area contributed by atoms with Crippen LogP contribution in [0.15, 0.2) is 70.5 Å². The lowest BCUT2D eigenvalue weighted by Gasteiger charge is -2.50. The molecule has 0 saturated carbocycles. The maximum Gasteiger partial charge on any atom is 0.321 e. The largest absolute Gasteiger partial charge is 0.462 e. The molecule has 0 radical (unpaired) electrons. The van der Waals surface area contributed by atoms with E-state index in [0.29, 0.717) is 16.3 Å². The van der Waals surface area contributed by atoms with Crippen molar-refractivity contribution in [2.24, 2.45) is 0 Å². The van der Waals surface area contributed by atoms with E-state index < -0.39 is 299 Å². The number of aliphatic hydroxyl groups is 19. The zero-order valence-corrected chi connectivity index (χ0v) is 58.6. The Morgan fingerprint density at radius 2 is 0.692 bits per heavy atom. The summed E-state index contributed by atoms with van der Waals surface area (Å²) in [5, 5.41) is 218. The summed E-state index contributed by atoms with van der Waals surface area (Å²) in [6.45, 7) is -7.50. The second-order valence-electron chi connectivity index (χ2n) is 26.9. The molecule has 44 heteroatoms. The van der Waals surface area contributed by atoms with Gasteiger partial charge in [0.1, 0.15) is 184 Å². The minimum absolute atomic E-state index is 0.268. The number of rotatable bonds is 16. The molecule has 21 heterocycles. The number of nitrogens with one attached hydrogen (secondary N) is 1. The van der Waals surface area contributed by atoms with Crippen molar-refractivity contribution in [2.45, 2.75) is 232 Å². The third-order valence-corrected chi connectivity index (χ3v) is 22.3. The van der Waals surface area contributed by atoms with Crippen LogP contribution in [0.2, 0.25) is 0 Å². The fraction of sp³-hybridized carbons (Fsp3) is 0.730. The summed E-state index contributed by atoms with van der Waals surface area (Å²) in [6, 6.07) is 14.6. The molecule has 3 aromatic rings. The molecule has 0 spiro atoms. The van der Waals surface area contributed by atoms with Crippen molar-refractivity contribution in [2.75, 3.05) is 71.8 Å². The van der Waals surface area contributed by atoms with Gasteiger partial charge in [-0.3, -0.25) is 8.98 Å². The summed E-state index contributed by atoms with van der Waals surface area (Å²) in [5.41, 5.74) is 1.39. The maximum absolute atomic E-state index is 13.7. The first kappa shape index (κ1) is 83.6. The van der Waals surface area contributed by atoms with Crippen molar-refractivity contribution in [3.63, 3.8) is 0 Å². The lowest BCUT2D eigenvalue weighted by Crippen LogP contribution is -2.68. The van der Waals surface area contributed by atoms with Crippen LogP contribution in [0.4, 0.5) is 5.69 Å². The SMILES string of the molecule is Cc1ccc(S(=O)(=O)OC[C@H]2O[C@@H]3O[C@H]4[C@H](O)[C@@H](O)[C@@H](O[C@H]5[C@H](O)[C@@H](O)[C@@H](O[C@H]6[C@H](O)[C@@H](O)[C@@H](O[C@H]7[C@H](O)[C@@H](O)[C@@H](O[C@H]8[C@H](O)[C@@H](O)[C@@H](O[C@H]9[C@H](O)[C@@H](O)[C@@H](O[C@H]2[C@H](O)[C@H]3O)O[C@@H]9CO)O[C@@H]8COC(=O)CNS(=O)(=O)c2ccc3c(N(C)C)cccc3c2)O[C@@H]7CO)O[C@@H]6CO)O[C@@H]5CO)O[C@@H]4CO)cc1. The van der Waals surface area contributed by atoms with Crippen LogP contribution in [-0.2, 0) is 100 Å². The molecule has 20 N–H and O–H groups in total. The monoisotopic (exact) mass is 1580 g/mol. The number of fused-ring (bicyclic) bond motifs is 1. The highest BCUT2D eigenvalue weighted by Gasteiger charge is 2.60. The molecular formula is C63H90N2O40S2. The van der Waals surface area contributed by atoms with Gasteiger partial charge in [-0.05, 0) is 42.6 Å². The van der Waals surface area contributed by atoms with E-state index >= 15 is 0 Å². The molecule has 107 heavy (non-hydrogen) atoms. The van der Waals surface area contributed by atoms with Crippen LogP contribution in [0.3, 0.4) is 0 Å². The lowest BCUT2D eigenvalue weighted by atomic mass is 9.95. The molecule has 3 aromatic carbocycles. The second-order valence-corrected chi connectivity index (χ2v) is 30.3. The van der Waals surface area contributed by atoms with Crippen LogP contribution < -0.4 is 9.62 Å². The molecule has 21 saturated heterocycles. The van der Waals surface area contributed by atoms with Crippen molar-refractivity contribution in [1.29, 1.82) is 0 Å². The van der Waals surface area contributed by atoms with Gasteiger partial charge in [0.25, 0.3) is 10.1 Å². The molecule has 21 fully saturated rings. The van der Waals surface area contributed by atoms with Gasteiger partial charge in [0.05, 0.1) is 49.4 Å². The van der Waals surface area contributed by atoms with Gasteiger partial charge in [0.2, 0.25) is 10.0 Å². The Hall–Kier alpha value is -4.31. The molecule has 0 aliphatic carbocycles. The number of benzene rings is 3. The Morgan fingerprint density at radius 3 is 1.01 bits per heavy atom. The van der Waals surface area contributed by atoms with E-state index in [0.717, 1.165) is 5.69 Å². The average Bonchev–Trinajstić information content (AvgIpc) is 0.801. The van der Waals surface area contributed by atoms with E-state index in [4.69, 9.17) is 75.2 Å². The average molecular weight is 1580 g/mol. The Bertz CT molecular complexity index is 3650. The van der Waals surface area contributed by atoms with E-state index in [1.807, 2.05) is 11.0 Å². The minimum Gasteiger partial charge on any atom is -0.462 e. The maximum atomic E-state index is 13.7. The summed E-state index contributed by atoms with van der Waals surface area (Å²) in [7, 11) is -5.70. The van der Waals surface area contributed by atoms with Crippen LogP contribution in [0.1, 0.15) is 5.56 Å². The summed E-state index contributed by atoms with van der Waals surface area (Å²) in [4.78, 5) is 14.7. The van der Waals surface area contributed by atoms with Crippen molar-refractivity contribution in [3.8, 4) is 0 Å². The van der Waals surface area contributed by atoms with Gasteiger partial charge in [-0.1, -0.05) is 35.9 Å². The third-order valence-electron chi connectivity index (χ3n) is 19.6. The molecule has 24 rings (SSSR count). The molecule has 42 nitrogen and oxygen atoms in total. The number of carbonyl (C=O) groups is 1. The highest BCUT2D eigenvalue weighted by Crippen LogP contribution is 2.40. The van der Waals surface area contributed by atoms with Gasteiger partial charge < -0.3 is 173 Å². The van der Waals surface area contributed by atoms with Gasteiger partial charge in [-0.25, -0.2) is 8.42 Å². The molecule has 0 aromatic heterocycles. The first-order valence-electron chi connectivity index (χ1n) is 33.8. The predicted octanol–water partition coefficient (Wildman–Crippen LogP) is -11.8. The number of ether oxygens (including phenoxy) is 15. The summed E-state index contributed by atoms with van der Waals surface area (Å²) >= 11 is 0. The topological polar surface area (TPSA) is 633 Å². The number of hydrogen-bond acceptors (Lipinski definition) is 41. The van der Waals surface area contributed by atoms with Crippen molar-refractivity contribution in [3.05, 3.63) is 66.2 Å². The van der Waals surface area contributed by atoms with Crippen molar-refractivity contribution in [1.82, 2.24) is 4.72 Å². The molecule has 0 unspecified atom stereocenters. The van der Waals surface area contributed by atoms with Crippen LogP contribution >= 0.6 is 0 Å². The van der Waals surface area contributed by atoms with Crippen LogP contribution in [0.25, 0.3) is 10.8 Å². The normalized spacial score (nSPS) is 43.4. The van der Waals surface area contributed by atoms with E-state index in [1.165, 1.54) is 36.4 Å². The molecular weight excluding hydrogens is 1490 g/mol. The first-order chi connectivity index (χ1) is 50.7. The van der Waals surface area contributed by atoms with E-state index in [2.05, 4.69) is 4.72 Å². The zero-order valence-electron chi connectivity index (χ0n) is 57.0. The van der Waals surface area contributed by atoms with Crippen molar-refractivity contribution < 1.29 is 194 Å². The number of esters is 1. The third kappa shape index (κ3) is 17.6. The number of anilines is 1. The molecule has 21 aliphatic heterocycles. The van der Waals surface area contributed by atoms with E-state index in [1.54, 1.807) is 39.2 Å². The predicted molar refractivity (Wildman–Crippen MR) is 343 cm³/mol. The fourth-order valence-electron chi connectivity index (χ4n) is 13.6. The van der Waals surface area contributed by atoms with Gasteiger partial charge >= 0.3 is 5.97 Å². The molecule has 21 aliphatic rings. The zero-order chi connectivity index (χ0) is 77.6. The van der Waals surface area contributed by atoms with E-state index in [-0.39, 0.29) is 4.90 Å². The molecule has 604 valence electrons. The quantitative estimate of drug-likeness (QED) is 0.0468. The van der Waals surface area contributed by atoms with Crippen LogP contribution in [0.5, 0.6) is 0 Å². The van der Waals surface area contributed by atoms with Gasteiger partial charge in [-0.15, -0.1) is 0 Å². The second kappa shape index (κ2) is 35.0. The van der Waals surface area contributed by atoms with Crippen LogP contribution in [0, 0.1) is 6.92 Å². The number of sulfonamides is 1. The van der Waals surface area contributed by atoms with E-state index in [9.17, 15) is 119 Å². The standard InChI is InChI=1S/C63H90N2O40S2/c1-22-7-9-24(10-8-22)107(88,89)91-21-34-56-42(78)49(85)63(98-34)103-54-31(18-69)94-59(45(81)38(54)74)100-51-29(16-67)92-57(43(79)36(51)72)99-50-28(15-66)93-58(44(80)37(50)73)101-52-30(17-68)95-60(46(82)39(52)75)104-55-33(97-62(48(84)41(55)77)102-53-32(19-70)96-61(105-56)47(83)40(53)76)20-90-35(71)14-64-106(86,87)25-11-12-26-23(13-25)5-4-6-27(26)65(2)3/h4-13,28-34,36-64,66-70,72-85H,14-21H2,1-3H3/t28-,29-,30-,31-,32-,33-,34-,36-,37-,38-,39-,40-,41-,42-,43-,44-,45-,46-,47-,48-,49-,50-,51-,52-,53-,54-,55-,56-,57-,58-,59-,60-,61-,62-,63-/m1/s1. The Balaban J connectivity index is 0.898. The smallest absolute Gasteiger partial charge is 0.321 e. The number of carbonyl (C=O) groups excluding carboxylic acids is 1. The lowest BCUT2D eigenvalue weighted by molar-refractivity contribution is -0.396. The van der Waals surface area contributed by atoms with Crippen molar-refractivity contribution >= 4 is 42.6 Å². The number of aliphatic hydroxyl groups excluding tert-OH is 19. The molecule has 14 bridgehead atoms. The van der Waals surface area contributed by atoms with Gasteiger partial charge in [-0.2, -0.15) is 13.1 Å². The number of aryl methyl sites for hydroxylation is 1. The summed E-state index contributed by atoms with van der Waals surface area (Å²) < 4.78 is 149. The first-order valence-corrected chi connectivity index (χ1v) is 36.7. The van der Waals surface area contributed by atoms with Crippen LogP contribution in [-0.4, -0.2) is 402 Å². The van der Waals surface area contributed by atoms with Gasteiger partial charge in [0, 0.05) is 25.2 Å². The molecule has 35 atom stereocenters. The number of hydrogen-bond donors (Lipinski definition) is 20. The Labute approximate surface area is 608 Å². The number of nitrogens with zero attached hydrogens (tertiary/aromatic N) is 1. The highest BCUT2D eigenvalue weighted by atomic mass is 32.2. The summed E-state index contributed by atoms with van der Waals surface area (Å²) in [6.07, 6.45) is -76.4. The fourth-order valence-corrected chi connectivity index (χ4v) is 15.5. The Kier molecular flexibility index (Phi) is 27.3. The Morgan fingerprint density at radius 1 is 0.393 bits per heavy atom. The summed E-state index contributed by atoms with van der Waals surface area (Å²) in [5.74, 6) is -1.34. The minimum atomic E-state index is -4.79.